The first-order valence-corrected chi connectivity index (χ1v) is 8.92. The Morgan fingerprint density at radius 2 is 1.77 bits per heavy atom. The van der Waals surface area contributed by atoms with Crippen molar-refractivity contribution in [3.8, 4) is 11.8 Å². The molecule has 0 aliphatic heterocycles. The molecule has 0 saturated heterocycles. The number of anilines is 1. The number of ether oxygens (including phenoxy) is 1. The van der Waals surface area contributed by atoms with Gasteiger partial charge in [-0.15, -0.1) is 0 Å². The van der Waals surface area contributed by atoms with E-state index >= 15 is 0 Å². The van der Waals surface area contributed by atoms with E-state index in [1.807, 2.05) is 54.6 Å². The predicted molar refractivity (Wildman–Crippen MR) is 101 cm³/mol. The smallest absolute Gasteiger partial charge is 0.240 e. The van der Waals surface area contributed by atoms with E-state index in [4.69, 9.17) is 4.74 Å². The van der Waals surface area contributed by atoms with Gasteiger partial charge in [-0.25, -0.2) is 0 Å². The third-order valence-corrected chi connectivity index (χ3v) is 4.61. The van der Waals surface area contributed by atoms with Crippen LogP contribution in [0.25, 0.3) is 0 Å². The number of carbonyl (C=O) groups excluding carboxylic acids is 1. The summed E-state index contributed by atoms with van der Waals surface area (Å²) in [6, 6.07) is 19.8. The average Bonchev–Trinajstić information content (AvgIpc) is 3.15. The second kappa shape index (κ2) is 8.39. The Bertz CT molecular complexity index is 760. The molecule has 3 rings (SSSR count). The van der Waals surface area contributed by atoms with Gasteiger partial charge in [0.1, 0.15) is 17.9 Å². The second-order valence-corrected chi connectivity index (χ2v) is 6.60. The Morgan fingerprint density at radius 1 is 1.08 bits per heavy atom. The first-order chi connectivity index (χ1) is 12.7. The van der Waals surface area contributed by atoms with Crippen LogP contribution in [0.3, 0.4) is 0 Å². The van der Waals surface area contributed by atoms with Crippen LogP contribution in [0, 0.1) is 11.3 Å². The van der Waals surface area contributed by atoms with Gasteiger partial charge in [0.15, 0.2) is 0 Å². The van der Waals surface area contributed by atoms with Crippen LogP contribution >= 0.6 is 0 Å². The summed E-state index contributed by atoms with van der Waals surface area (Å²) < 4.78 is 5.75. The van der Waals surface area contributed by atoms with Gasteiger partial charge in [0.25, 0.3) is 0 Å². The van der Waals surface area contributed by atoms with Crippen LogP contribution in [0.1, 0.15) is 31.2 Å². The Morgan fingerprint density at radius 3 is 2.42 bits per heavy atom. The Balaban J connectivity index is 1.45. The normalized spacial score (nSPS) is 15.0. The van der Waals surface area contributed by atoms with Crippen LogP contribution in [0.2, 0.25) is 0 Å². The molecule has 1 aliphatic rings. The van der Waals surface area contributed by atoms with Crippen molar-refractivity contribution in [3.05, 3.63) is 60.2 Å². The maximum Gasteiger partial charge on any atom is 0.240 e. The highest BCUT2D eigenvalue weighted by Crippen LogP contribution is 2.28. The number of hydrogen-bond donors (Lipinski definition) is 2. The van der Waals surface area contributed by atoms with Gasteiger partial charge in [-0.3, -0.25) is 4.79 Å². The van der Waals surface area contributed by atoms with Gasteiger partial charge in [-0.1, -0.05) is 30.3 Å². The lowest BCUT2D eigenvalue weighted by Crippen LogP contribution is -2.47. The molecule has 0 aromatic heterocycles. The summed E-state index contributed by atoms with van der Waals surface area (Å²) in [5.41, 5.74) is 1.28. The highest BCUT2D eigenvalue weighted by Gasteiger charge is 2.35. The van der Waals surface area contributed by atoms with E-state index in [0.717, 1.165) is 42.7 Å². The van der Waals surface area contributed by atoms with Crippen molar-refractivity contribution in [2.75, 3.05) is 11.9 Å². The monoisotopic (exact) mass is 349 g/mol. The molecule has 0 radical (unpaired) electrons. The molecule has 134 valence electrons. The molecule has 0 bridgehead atoms. The SMILES string of the molecule is N#CC1(NC(=O)CNc2ccc(OCc3ccccc3)cc2)CCCC1. The molecule has 1 aliphatic carbocycles. The van der Waals surface area contributed by atoms with Crippen LogP contribution in [-0.4, -0.2) is 18.0 Å². The molecule has 1 saturated carbocycles. The third kappa shape index (κ3) is 4.76. The number of benzene rings is 2. The van der Waals surface area contributed by atoms with Gasteiger partial charge in [-0.05, 0) is 55.5 Å². The quantitative estimate of drug-likeness (QED) is 0.800. The molecule has 0 spiro atoms. The van der Waals surface area contributed by atoms with Crippen LogP contribution in [-0.2, 0) is 11.4 Å². The van der Waals surface area contributed by atoms with Gasteiger partial charge in [0, 0.05) is 5.69 Å². The molecule has 26 heavy (non-hydrogen) atoms. The second-order valence-electron chi connectivity index (χ2n) is 6.60. The fraction of sp³-hybridized carbons (Fsp3) is 0.333. The summed E-state index contributed by atoms with van der Waals surface area (Å²) in [6.07, 6.45) is 3.46. The lowest BCUT2D eigenvalue weighted by Gasteiger charge is -2.22. The van der Waals surface area contributed by atoms with E-state index in [1.165, 1.54) is 0 Å². The first kappa shape index (κ1) is 17.8. The van der Waals surface area contributed by atoms with Crippen molar-refractivity contribution in [2.24, 2.45) is 0 Å². The number of nitrogens with one attached hydrogen (secondary N) is 2. The van der Waals surface area contributed by atoms with Gasteiger partial charge >= 0.3 is 0 Å². The first-order valence-electron chi connectivity index (χ1n) is 8.92. The third-order valence-electron chi connectivity index (χ3n) is 4.61. The Hall–Kier alpha value is -3.00. The summed E-state index contributed by atoms with van der Waals surface area (Å²) in [5, 5.41) is 15.3. The molecule has 2 aromatic rings. The van der Waals surface area contributed by atoms with Crippen molar-refractivity contribution >= 4 is 11.6 Å². The molecule has 0 unspecified atom stereocenters. The number of carbonyl (C=O) groups is 1. The molecule has 5 heteroatoms. The lowest BCUT2D eigenvalue weighted by atomic mass is 10.00. The molecule has 1 fully saturated rings. The summed E-state index contributed by atoms with van der Waals surface area (Å²) >= 11 is 0. The summed E-state index contributed by atoms with van der Waals surface area (Å²) in [6.45, 7) is 0.667. The van der Waals surface area contributed by atoms with Gasteiger partial charge < -0.3 is 15.4 Å². The highest BCUT2D eigenvalue weighted by molar-refractivity contribution is 5.81. The minimum absolute atomic E-state index is 0.146. The molecule has 0 atom stereocenters. The van der Waals surface area contributed by atoms with Gasteiger partial charge in [-0.2, -0.15) is 5.26 Å². The Kier molecular flexibility index (Phi) is 5.75. The summed E-state index contributed by atoms with van der Waals surface area (Å²) in [7, 11) is 0. The fourth-order valence-electron chi connectivity index (χ4n) is 3.15. The van der Waals surface area contributed by atoms with E-state index in [1.54, 1.807) is 0 Å². The van der Waals surface area contributed by atoms with E-state index in [2.05, 4.69) is 16.7 Å². The van der Waals surface area contributed by atoms with E-state index in [0.29, 0.717) is 6.61 Å². The summed E-state index contributed by atoms with van der Waals surface area (Å²) in [5.74, 6) is 0.621. The molecule has 5 nitrogen and oxygen atoms in total. The standard InChI is InChI=1S/C21H23N3O2/c22-16-21(12-4-5-13-21)24-20(25)14-23-18-8-10-19(11-9-18)26-15-17-6-2-1-3-7-17/h1-3,6-11,23H,4-5,12-15H2,(H,24,25). The topological polar surface area (TPSA) is 74.2 Å². The zero-order valence-electron chi connectivity index (χ0n) is 14.7. The maximum atomic E-state index is 12.1. The molecule has 2 N–H and O–H groups in total. The number of nitriles is 1. The number of amides is 1. The molecular formula is C21H23N3O2. The molecule has 2 aromatic carbocycles. The van der Waals surface area contributed by atoms with Crippen molar-refractivity contribution in [1.29, 1.82) is 5.26 Å². The van der Waals surface area contributed by atoms with Crippen molar-refractivity contribution in [2.45, 2.75) is 37.8 Å². The highest BCUT2D eigenvalue weighted by atomic mass is 16.5. The average molecular weight is 349 g/mol. The molecule has 0 heterocycles. The van der Waals surface area contributed by atoms with E-state index in [-0.39, 0.29) is 12.5 Å². The van der Waals surface area contributed by atoms with E-state index < -0.39 is 5.54 Å². The maximum absolute atomic E-state index is 12.1. The number of hydrogen-bond acceptors (Lipinski definition) is 4. The zero-order valence-corrected chi connectivity index (χ0v) is 14.7. The Labute approximate surface area is 154 Å². The van der Waals surface area contributed by atoms with Crippen molar-refractivity contribution < 1.29 is 9.53 Å². The van der Waals surface area contributed by atoms with Gasteiger partial charge in [0.2, 0.25) is 5.91 Å². The van der Waals surface area contributed by atoms with Crippen LogP contribution in [0.4, 0.5) is 5.69 Å². The van der Waals surface area contributed by atoms with Crippen molar-refractivity contribution in [3.63, 3.8) is 0 Å². The molecule has 1 amide bonds. The fourth-order valence-corrected chi connectivity index (χ4v) is 3.15. The largest absolute Gasteiger partial charge is 0.489 e. The summed E-state index contributed by atoms with van der Waals surface area (Å²) in [4.78, 5) is 12.1. The van der Waals surface area contributed by atoms with Crippen LogP contribution in [0.5, 0.6) is 5.75 Å². The van der Waals surface area contributed by atoms with E-state index in [9.17, 15) is 10.1 Å². The predicted octanol–water partition coefficient (Wildman–Crippen LogP) is 3.63. The zero-order chi connectivity index (χ0) is 18.2. The van der Waals surface area contributed by atoms with Crippen LogP contribution < -0.4 is 15.4 Å². The van der Waals surface area contributed by atoms with Crippen LogP contribution in [0.15, 0.2) is 54.6 Å². The minimum Gasteiger partial charge on any atom is -0.489 e. The number of nitrogens with zero attached hydrogens (tertiary/aromatic N) is 1. The minimum atomic E-state index is -0.673. The number of rotatable bonds is 7. The van der Waals surface area contributed by atoms with Crippen molar-refractivity contribution in [1.82, 2.24) is 5.32 Å². The lowest BCUT2D eigenvalue weighted by molar-refractivity contribution is -0.120. The van der Waals surface area contributed by atoms with Gasteiger partial charge in [0.05, 0.1) is 12.6 Å². The molecular weight excluding hydrogens is 326 g/mol.